The number of carbonyl (C=O) groups is 2. The molecule has 2 aromatic carbocycles. The quantitative estimate of drug-likeness (QED) is 0.853. The van der Waals surface area contributed by atoms with E-state index in [0.717, 1.165) is 6.07 Å². The summed E-state index contributed by atoms with van der Waals surface area (Å²) in [5.41, 5.74) is 4.43. The van der Waals surface area contributed by atoms with E-state index in [1.807, 2.05) is 0 Å². The fraction of sp³-hybridized carbons (Fsp3) is 0.222. The van der Waals surface area contributed by atoms with Gasteiger partial charge in [0.2, 0.25) is 5.91 Å². The maximum Gasteiger partial charge on any atom is 0.417 e. The van der Waals surface area contributed by atoms with Crippen LogP contribution in [0.3, 0.4) is 0 Å². The highest BCUT2D eigenvalue weighted by Gasteiger charge is 2.35. The van der Waals surface area contributed by atoms with Gasteiger partial charge in [-0.25, -0.2) is 0 Å². The van der Waals surface area contributed by atoms with E-state index >= 15 is 0 Å². The van der Waals surface area contributed by atoms with Crippen LogP contribution < -0.4 is 5.73 Å². The summed E-state index contributed by atoms with van der Waals surface area (Å²) in [6.45, 7) is 1.59. The molecule has 132 valence electrons. The number of halogens is 3. The van der Waals surface area contributed by atoms with Gasteiger partial charge in [-0.15, -0.1) is 0 Å². The molecule has 0 aliphatic heterocycles. The SMILES string of the molecule is CCC(C(=O)O)c1ccc(-c2cccc(C(N)=O)c2)c(C(F)(F)F)c1. The number of carbonyl (C=O) groups excluding carboxylic acids is 1. The summed E-state index contributed by atoms with van der Waals surface area (Å²) >= 11 is 0. The molecule has 0 aromatic heterocycles. The highest BCUT2D eigenvalue weighted by Crippen LogP contribution is 2.39. The average Bonchev–Trinajstić information content (AvgIpc) is 2.54. The fourth-order valence-electron chi connectivity index (χ4n) is 2.66. The molecule has 7 heteroatoms. The lowest BCUT2D eigenvalue weighted by Crippen LogP contribution is -2.14. The normalized spacial score (nSPS) is 12.6. The van der Waals surface area contributed by atoms with Crippen molar-refractivity contribution in [3.8, 4) is 11.1 Å². The van der Waals surface area contributed by atoms with Crippen molar-refractivity contribution in [2.45, 2.75) is 25.4 Å². The molecule has 0 aliphatic rings. The monoisotopic (exact) mass is 351 g/mol. The molecule has 1 atom stereocenters. The Kier molecular flexibility index (Phi) is 5.15. The minimum absolute atomic E-state index is 0.0807. The first-order chi connectivity index (χ1) is 11.6. The lowest BCUT2D eigenvalue weighted by atomic mass is 9.90. The number of carboxylic acids is 1. The van der Waals surface area contributed by atoms with Gasteiger partial charge in [0.1, 0.15) is 0 Å². The van der Waals surface area contributed by atoms with Gasteiger partial charge >= 0.3 is 12.1 Å². The van der Waals surface area contributed by atoms with Gasteiger partial charge in [-0.2, -0.15) is 13.2 Å². The molecule has 25 heavy (non-hydrogen) atoms. The van der Waals surface area contributed by atoms with Gasteiger partial charge < -0.3 is 10.8 Å². The predicted octanol–water partition coefficient (Wildman–Crippen LogP) is 4.05. The fourth-order valence-corrected chi connectivity index (χ4v) is 2.66. The molecule has 3 N–H and O–H groups in total. The molecule has 1 unspecified atom stereocenters. The summed E-state index contributed by atoms with van der Waals surface area (Å²) in [7, 11) is 0. The van der Waals surface area contributed by atoms with Crippen LogP contribution in [0.15, 0.2) is 42.5 Å². The average molecular weight is 351 g/mol. The van der Waals surface area contributed by atoms with Gasteiger partial charge in [-0.05, 0) is 41.3 Å². The van der Waals surface area contributed by atoms with Crippen LogP contribution in [0, 0.1) is 0 Å². The van der Waals surface area contributed by atoms with Gasteiger partial charge in [-0.1, -0.05) is 31.2 Å². The highest BCUT2D eigenvalue weighted by molar-refractivity contribution is 5.94. The molecule has 4 nitrogen and oxygen atoms in total. The lowest BCUT2D eigenvalue weighted by molar-refractivity contribution is -0.140. The van der Waals surface area contributed by atoms with E-state index in [-0.39, 0.29) is 28.7 Å². The molecule has 0 aliphatic carbocycles. The van der Waals surface area contributed by atoms with E-state index in [0.29, 0.717) is 0 Å². The zero-order valence-electron chi connectivity index (χ0n) is 13.3. The first-order valence-electron chi connectivity index (χ1n) is 7.49. The van der Waals surface area contributed by atoms with E-state index in [4.69, 9.17) is 5.73 Å². The van der Waals surface area contributed by atoms with E-state index in [2.05, 4.69) is 0 Å². The molecule has 0 heterocycles. The number of hydrogen-bond donors (Lipinski definition) is 2. The molecular formula is C18H16F3NO3. The Bertz CT molecular complexity index is 815. The number of alkyl halides is 3. The molecule has 0 bridgehead atoms. The van der Waals surface area contributed by atoms with Crippen LogP contribution in [0.5, 0.6) is 0 Å². The van der Waals surface area contributed by atoms with Crippen LogP contribution in [-0.2, 0) is 11.0 Å². The van der Waals surface area contributed by atoms with Crippen molar-refractivity contribution in [1.29, 1.82) is 0 Å². The van der Waals surface area contributed by atoms with Gasteiger partial charge in [0.05, 0.1) is 11.5 Å². The second kappa shape index (κ2) is 6.96. The van der Waals surface area contributed by atoms with Gasteiger partial charge in [0, 0.05) is 5.56 Å². The molecular weight excluding hydrogens is 335 g/mol. The van der Waals surface area contributed by atoms with Crippen LogP contribution in [0.4, 0.5) is 13.2 Å². The first-order valence-corrected chi connectivity index (χ1v) is 7.49. The van der Waals surface area contributed by atoms with Crippen LogP contribution in [0.1, 0.15) is 40.7 Å². The number of hydrogen-bond acceptors (Lipinski definition) is 2. The van der Waals surface area contributed by atoms with Crippen LogP contribution in [0.25, 0.3) is 11.1 Å². The zero-order chi connectivity index (χ0) is 18.8. The molecule has 0 radical (unpaired) electrons. The van der Waals surface area contributed by atoms with E-state index in [1.165, 1.54) is 36.4 Å². The predicted molar refractivity (Wildman–Crippen MR) is 86.1 cm³/mol. The molecule has 0 saturated carbocycles. The maximum absolute atomic E-state index is 13.5. The second-order valence-electron chi connectivity index (χ2n) is 5.55. The smallest absolute Gasteiger partial charge is 0.417 e. The summed E-state index contributed by atoms with van der Waals surface area (Å²) < 4.78 is 40.5. The van der Waals surface area contributed by atoms with Crippen molar-refractivity contribution in [3.63, 3.8) is 0 Å². The topological polar surface area (TPSA) is 80.4 Å². The molecule has 2 aromatic rings. The Hall–Kier alpha value is -2.83. The Balaban J connectivity index is 2.65. The highest BCUT2D eigenvalue weighted by atomic mass is 19.4. The molecule has 0 spiro atoms. The minimum Gasteiger partial charge on any atom is -0.481 e. The number of benzene rings is 2. The van der Waals surface area contributed by atoms with Crippen molar-refractivity contribution >= 4 is 11.9 Å². The number of aliphatic carboxylic acids is 1. The Morgan fingerprint density at radius 3 is 2.36 bits per heavy atom. The number of carboxylic acid groups (broad SMARTS) is 1. The molecule has 0 saturated heterocycles. The van der Waals surface area contributed by atoms with Crippen LogP contribution in [0.2, 0.25) is 0 Å². The van der Waals surface area contributed by atoms with Gasteiger partial charge in [-0.3, -0.25) is 9.59 Å². The van der Waals surface area contributed by atoms with Crippen molar-refractivity contribution in [2.75, 3.05) is 0 Å². The van der Waals surface area contributed by atoms with E-state index < -0.39 is 29.5 Å². The third kappa shape index (κ3) is 3.99. The summed E-state index contributed by atoms with van der Waals surface area (Å²) in [5, 5.41) is 9.17. The van der Waals surface area contributed by atoms with Crippen molar-refractivity contribution in [3.05, 3.63) is 59.2 Å². The second-order valence-corrected chi connectivity index (χ2v) is 5.55. The molecule has 1 amide bonds. The summed E-state index contributed by atoms with van der Waals surface area (Å²) in [6.07, 6.45) is -4.51. The molecule has 0 fully saturated rings. The largest absolute Gasteiger partial charge is 0.481 e. The van der Waals surface area contributed by atoms with Crippen LogP contribution >= 0.6 is 0 Å². The zero-order valence-corrected chi connectivity index (χ0v) is 13.3. The van der Waals surface area contributed by atoms with Crippen molar-refractivity contribution < 1.29 is 27.9 Å². The Morgan fingerprint density at radius 2 is 1.84 bits per heavy atom. The lowest BCUT2D eigenvalue weighted by Gasteiger charge is -2.17. The number of primary amides is 1. The first kappa shape index (κ1) is 18.5. The minimum atomic E-state index is -4.68. The van der Waals surface area contributed by atoms with Crippen molar-refractivity contribution in [2.24, 2.45) is 5.73 Å². The summed E-state index contributed by atoms with van der Waals surface area (Å²) in [4.78, 5) is 22.5. The summed E-state index contributed by atoms with van der Waals surface area (Å²) in [5.74, 6) is -2.95. The van der Waals surface area contributed by atoms with E-state index in [1.54, 1.807) is 6.92 Å². The Labute approximate surface area is 142 Å². The summed E-state index contributed by atoms with van der Waals surface area (Å²) in [6, 6.07) is 9.01. The maximum atomic E-state index is 13.5. The third-order valence-corrected chi connectivity index (χ3v) is 3.92. The van der Waals surface area contributed by atoms with Crippen LogP contribution in [-0.4, -0.2) is 17.0 Å². The third-order valence-electron chi connectivity index (χ3n) is 3.92. The number of rotatable bonds is 5. The van der Waals surface area contributed by atoms with E-state index in [9.17, 15) is 27.9 Å². The van der Waals surface area contributed by atoms with Gasteiger partial charge in [0.25, 0.3) is 0 Å². The number of amides is 1. The van der Waals surface area contributed by atoms with Crippen molar-refractivity contribution in [1.82, 2.24) is 0 Å². The molecule has 2 rings (SSSR count). The van der Waals surface area contributed by atoms with Gasteiger partial charge in [0.15, 0.2) is 0 Å². The Morgan fingerprint density at radius 1 is 1.16 bits per heavy atom. The number of nitrogens with two attached hydrogens (primary N) is 1. The standard InChI is InChI=1S/C18H16F3NO3/c1-2-13(17(24)25)11-6-7-14(15(9-11)18(19,20)21)10-4-3-5-12(8-10)16(22)23/h3-9,13H,2H2,1H3,(H2,22,23)(H,24,25).